The molecule has 19 heavy (non-hydrogen) atoms. The lowest BCUT2D eigenvalue weighted by Gasteiger charge is -2.19. The maximum atomic E-state index is 12.3. The predicted molar refractivity (Wildman–Crippen MR) is 75.9 cm³/mol. The quantitative estimate of drug-likeness (QED) is 0.863. The average Bonchev–Trinajstić information content (AvgIpc) is 2.27. The minimum atomic E-state index is -3.84. The van der Waals surface area contributed by atoms with E-state index in [1.54, 1.807) is 31.1 Å². The first-order chi connectivity index (χ1) is 8.66. The van der Waals surface area contributed by atoms with Crippen LogP contribution >= 0.6 is 15.9 Å². The van der Waals surface area contributed by atoms with E-state index in [9.17, 15) is 13.2 Å². The number of carboxylic acid groups (broad SMARTS) is 1. The van der Waals surface area contributed by atoms with Gasteiger partial charge in [0, 0.05) is 31.3 Å². The van der Waals surface area contributed by atoms with E-state index >= 15 is 0 Å². The Labute approximate surface area is 120 Å². The van der Waals surface area contributed by atoms with E-state index in [1.807, 2.05) is 0 Å². The summed E-state index contributed by atoms with van der Waals surface area (Å²) < 4.78 is 25.8. The number of rotatable bonds is 5. The van der Waals surface area contributed by atoms with Crippen LogP contribution < -0.4 is 4.90 Å². The van der Waals surface area contributed by atoms with Crippen molar-refractivity contribution in [3.05, 3.63) is 22.7 Å². The van der Waals surface area contributed by atoms with Crippen molar-refractivity contribution in [1.82, 2.24) is 4.31 Å². The van der Waals surface area contributed by atoms with Crippen molar-refractivity contribution in [2.45, 2.75) is 4.90 Å². The maximum absolute atomic E-state index is 12.3. The molecule has 6 nitrogen and oxygen atoms in total. The number of aliphatic carboxylic acids is 1. The summed E-state index contributed by atoms with van der Waals surface area (Å²) in [5, 5.41) is 8.68. The van der Waals surface area contributed by atoms with Crippen LogP contribution in [0.2, 0.25) is 0 Å². The molecular formula is C11H15BrN2O4S. The van der Waals surface area contributed by atoms with Gasteiger partial charge in [0.25, 0.3) is 0 Å². The summed E-state index contributed by atoms with van der Waals surface area (Å²) >= 11 is 3.18. The summed E-state index contributed by atoms with van der Waals surface area (Å²) in [4.78, 5) is 12.4. The lowest BCUT2D eigenvalue weighted by molar-refractivity contribution is -0.137. The molecule has 1 aromatic carbocycles. The van der Waals surface area contributed by atoms with Gasteiger partial charge in [-0.25, -0.2) is 8.42 Å². The fourth-order valence-corrected chi connectivity index (χ4v) is 3.47. The fraction of sp³-hybridized carbons (Fsp3) is 0.364. The topological polar surface area (TPSA) is 77.9 Å². The van der Waals surface area contributed by atoms with E-state index < -0.39 is 22.5 Å². The Morgan fingerprint density at radius 3 is 2.37 bits per heavy atom. The predicted octanol–water partition coefficient (Wildman–Crippen LogP) is 1.22. The number of carboxylic acids is 1. The van der Waals surface area contributed by atoms with Crippen LogP contribution in [0.1, 0.15) is 0 Å². The van der Waals surface area contributed by atoms with Crippen LogP contribution in [0.5, 0.6) is 0 Å². The second kappa shape index (κ2) is 5.89. The van der Waals surface area contributed by atoms with Crippen molar-refractivity contribution in [2.75, 3.05) is 32.6 Å². The lowest BCUT2D eigenvalue weighted by Crippen LogP contribution is -2.32. The number of nitrogens with zero attached hydrogens (tertiary/aromatic N) is 2. The molecule has 0 atom stereocenters. The number of hydrogen-bond acceptors (Lipinski definition) is 4. The zero-order chi connectivity index (χ0) is 14.8. The first-order valence-electron chi connectivity index (χ1n) is 5.31. The number of hydrogen-bond donors (Lipinski definition) is 1. The third kappa shape index (κ3) is 3.68. The summed E-state index contributed by atoms with van der Waals surface area (Å²) in [6, 6.07) is 4.88. The van der Waals surface area contributed by atoms with Gasteiger partial charge in [-0.05, 0) is 34.1 Å². The van der Waals surface area contributed by atoms with Gasteiger partial charge in [-0.15, -0.1) is 0 Å². The van der Waals surface area contributed by atoms with Gasteiger partial charge in [-0.3, -0.25) is 4.79 Å². The molecular weight excluding hydrogens is 336 g/mol. The van der Waals surface area contributed by atoms with Gasteiger partial charge in [0.2, 0.25) is 10.0 Å². The summed E-state index contributed by atoms with van der Waals surface area (Å²) in [5.74, 6) is -1.20. The molecule has 1 aromatic rings. The standard InChI is InChI=1S/C11H15BrN2O4S/c1-13(2)8-4-5-9(12)10(6-8)19(17,18)14(3)7-11(15)16/h4-6H,7H2,1-3H3,(H,15,16). The summed E-state index contributed by atoms with van der Waals surface area (Å²) in [7, 11) is 0.977. The molecule has 0 spiro atoms. The molecule has 1 rings (SSSR count). The Bertz CT molecular complexity index is 586. The monoisotopic (exact) mass is 350 g/mol. The molecule has 1 N–H and O–H groups in total. The van der Waals surface area contributed by atoms with Crippen molar-refractivity contribution in [3.63, 3.8) is 0 Å². The minimum absolute atomic E-state index is 0.0439. The third-order valence-corrected chi connectivity index (χ3v) is 5.27. The number of likely N-dealkylation sites (N-methyl/N-ethyl adjacent to an activating group) is 1. The fourth-order valence-electron chi connectivity index (χ4n) is 1.41. The molecule has 0 saturated carbocycles. The van der Waals surface area contributed by atoms with Crippen molar-refractivity contribution >= 4 is 37.6 Å². The average molecular weight is 351 g/mol. The molecule has 0 bridgehead atoms. The van der Waals surface area contributed by atoms with Crippen LogP contribution in [0.3, 0.4) is 0 Å². The van der Waals surface area contributed by atoms with Gasteiger partial charge in [-0.1, -0.05) is 0 Å². The van der Waals surface area contributed by atoms with Gasteiger partial charge in [0.15, 0.2) is 0 Å². The Kier molecular flexibility index (Phi) is 4.94. The molecule has 8 heteroatoms. The van der Waals surface area contributed by atoms with Crippen LogP contribution in [0.15, 0.2) is 27.6 Å². The highest BCUT2D eigenvalue weighted by Gasteiger charge is 2.25. The maximum Gasteiger partial charge on any atom is 0.318 e. The number of benzene rings is 1. The molecule has 0 aromatic heterocycles. The summed E-state index contributed by atoms with van der Waals surface area (Å²) in [6.07, 6.45) is 0. The van der Waals surface area contributed by atoms with Crippen LogP contribution in [-0.2, 0) is 14.8 Å². The van der Waals surface area contributed by atoms with Crippen molar-refractivity contribution in [2.24, 2.45) is 0 Å². The smallest absolute Gasteiger partial charge is 0.318 e. The van der Waals surface area contributed by atoms with Crippen LogP contribution in [-0.4, -0.2) is 51.5 Å². The van der Waals surface area contributed by atoms with Gasteiger partial charge in [0.1, 0.15) is 6.54 Å². The van der Waals surface area contributed by atoms with Crippen LogP contribution in [0.25, 0.3) is 0 Å². The van der Waals surface area contributed by atoms with Crippen molar-refractivity contribution < 1.29 is 18.3 Å². The zero-order valence-corrected chi connectivity index (χ0v) is 13.2. The Morgan fingerprint density at radius 1 is 1.32 bits per heavy atom. The van der Waals surface area contributed by atoms with Gasteiger partial charge >= 0.3 is 5.97 Å². The molecule has 0 aliphatic heterocycles. The van der Waals surface area contributed by atoms with Crippen molar-refractivity contribution in [1.29, 1.82) is 0 Å². The Hall–Kier alpha value is -1.12. The number of carbonyl (C=O) groups is 1. The van der Waals surface area contributed by atoms with E-state index in [1.165, 1.54) is 13.1 Å². The number of sulfonamides is 1. The summed E-state index contributed by atoms with van der Waals surface area (Å²) in [5.41, 5.74) is 0.713. The highest BCUT2D eigenvalue weighted by atomic mass is 79.9. The van der Waals surface area contributed by atoms with E-state index in [4.69, 9.17) is 5.11 Å². The van der Waals surface area contributed by atoms with E-state index in [0.29, 0.717) is 10.2 Å². The summed E-state index contributed by atoms with van der Waals surface area (Å²) in [6.45, 7) is -0.582. The van der Waals surface area contributed by atoms with Gasteiger partial charge < -0.3 is 10.0 Å². The molecule has 0 radical (unpaired) electrons. The minimum Gasteiger partial charge on any atom is -0.480 e. The molecule has 0 heterocycles. The largest absolute Gasteiger partial charge is 0.480 e. The second-order valence-corrected chi connectivity index (χ2v) is 7.03. The van der Waals surface area contributed by atoms with E-state index in [0.717, 1.165) is 4.31 Å². The highest BCUT2D eigenvalue weighted by molar-refractivity contribution is 9.10. The lowest BCUT2D eigenvalue weighted by atomic mass is 10.3. The SMILES string of the molecule is CN(C)c1ccc(Br)c(S(=O)(=O)N(C)CC(=O)O)c1. The molecule has 0 aliphatic rings. The molecule has 0 aliphatic carbocycles. The molecule has 0 amide bonds. The van der Waals surface area contributed by atoms with Crippen LogP contribution in [0.4, 0.5) is 5.69 Å². The number of anilines is 1. The van der Waals surface area contributed by atoms with Crippen molar-refractivity contribution in [3.8, 4) is 0 Å². The first-order valence-corrected chi connectivity index (χ1v) is 7.54. The third-order valence-electron chi connectivity index (χ3n) is 2.48. The zero-order valence-electron chi connectivity index (χ0n) is 10.8. The highest BCUT2D eigenvalue weighted by Crippen LogP contribution is 2.28. The molecule has 106 valence electrons. The molecule has 0 fully saturated rings. The number of halogens is 1. The van der Waals surface area contributed by atoms with Gasteiger partial charge in [-0.2, -0.15) is 4.31 Å². The van der Waals surface area contributed by atoms with E-state index in [-0.39, 0.29) is 4.90 Å². The normalized spacial score (nSPS) is 11.6. The Balaban J connectivity index is 3.27. The Morgan fingerprint density at radius 2 is 1.89 bits per heavy atom. The molecule has 0 unspecified atom stereocenters. The van der Waals surface area contributed by atoms with E-state index in [2.05, 4.69) is 15.9 Å². The van der Waals surface area contributed by atoms with Crippen LogP contribution in [0, 0.1) is 0 Å². The molecule has 0 saturated heterocycles. The first kappa shape index (κ1) is 15.9. The second-order valence-electron chi connectivity index (χ2n) is 4.16. The van der Waals surface area contributed by atoms with Gasteiger partial charge in [0.05, 0.1) is 4.90 Å².